The molecule has 2 rings (SSSR count). The lowest BCUT2D eigenvalue weighted by molar-refractivity contribution is 0.176. The fourth-order valence-electron chi connectivity index (χ4n) is 1.76. The van der Waals surface area contributed by atoms with Gasteiger partial charge in [0.1, 0.15) is 0 Å². The van der Waals surface area contributed by atoms with E-state index in [9.17, 15) is 0 Å². The van der Waals surface area contributed by atoms with Crippen LogP contribution in [0.4, 0.5) is 0 Å². The second-order valence-corrected chi connectivity index (χ2v) is 5.06. The van der Waals surface area contributed by atoms with E-state index < -0.39 is 0 Å². The van der Waals surface area contributed by atoms with Gasteiger partial charge in [0, 0.05) is 0 Å². The van der Waals surface area contributed by atoms with Gasteiger partial charge >= 0.3 is 0 Å². The van der Waals surface area contributed by atoms with Crippen LogP contribution in [-0.2, 0) is 9.05 Å². The normalized spacial score (nSPS) is 14.6. The molecule has 0 amide bonds. The van der Waals surface area contributed by atoms with E-state index in [1.165, 1.54) is 11.1 Å². The highest BCUT2D eigenvalue weighted by Gasteiger charge is 2.08. The number of hydrogen-bond acceptors (Lipinski definition) is 2. The first-order chi connectivity index (χ1) is 9.27. The van der Waals surface area contributed by atoms with Gasteiger partial charge in [-0.05, 0) is 25.0 Å². The molecule has 2 atom stereocenters. The Morgan fingerprint density at radius 3 is 1.42 bits per heavy atom. The standard InChI is InChI=1S/C16H19O2P/c1-13(15-9-5-3-6-10-15)17-19-18-14(2)16-11-7-4-8-12-16/h3-14,19H,1-2H3. The van der Waals surface area contributed by atoms with E-state index in [2.05, 4.69) is 24.3 Å². The van der Waals surface area contributed by atoms with Crippen LogP contribution < -0.4 is 0 Å². The van der Waals surface area contributed by atoms with Crippen LogP contribution in [-0.4, -0.2) is 0 Å². The molecule has 2 aromatic rings. The minimum atomic E-state index is 0.0439. The van der Waals surface area contributed by atoms with E-state index in [0.717, 1.165) is 0 Å². The van der Waals surface area contributed by atoms with Crippen LogP contribution >= 0.6 is 9.03 Å². The molecule has 19 heavy (non-hydrogen) atoms. The van der Waals surface area contributed by atoms with Crippen molar-refractivity contribution in [1.82, 2.24) is 0 Å². The van der Waals surface area contributed by atoms with Crippen LogP contribution in [0.2, 0.25) is 0 Å². The third-order valence-corrected chi connectivity index (χ3v) is 3.89. The van der Waals surface area contributed by atoms with Gasteiger partial charge in [-0.2, -0.15) is 0 Å². The summed E-state index contributed by atoms with van der Waals surface area (Å²) in [7, 11) is 0.0439. The molecule has 0 bridgehead atoms. The van der Waals surface area contributed by atoms with Gasteiger partial charge in [-0.3, -0.25) is 0 Å². The molecule has 0 heterocycles. The molecule has 0 aliphatic rings. The van der Waals surface area contributed by atoms with Gasteiger partial charge < -0.3 is 9.05 Å². The Morgan fingerprint density at radius 1 is 0.684 bits per heavy atom. The molecule has 0 saturated carbocycles. The monoisotopic (exact) mass is 274 g/mol. The Morgan fingerprint density at radius 2 is 1.05 bits per heavy atom. The van der Waals surface area contributed by atoms with Crippen molar-refractivity contribution in [3.05, 3.63) is 71.8 Å². The molecule has 3 heteroatoms. The molecule has 0 aromatic heterocycles. The first-order valence-corrected chi connectivity index (χ1v) is 7.25. The summed E-state index contributed by atoms with van der Waals surface area (Å²) >= 11 is 0. The summed E-state index contributed by atoms with van der Waals surface area (Å²) in [5.74, 6) is 0. The summed E-state index contributed by atoms with van der Waals surface area (Å²) in [6, 6.07) is 20.4. The Labute approximate surface area is 116 Å². The zero-order valence-corrected chi connectivity index (χ0v) is 12.2. The Balaban J connectivity index is 1.78. The van der Waals surface area contributed by atoms with Gasteiger partial charge in [0.2, 0.25) is 0 Å². The number of hydrogen-bond donors (Lipinski definition) is 0. The van der Waals surface area contributed by atoms with Crippen LogP contribution in [0.3, 0.4) is 0 Å². The smallest absolute Gasteiger partial charge is 0.156 e. The van der Waals surface area contributed by atoms with Crippen LogP contribution in [0, 0.1) is 0 Å². The third kappa shape index (κ3) is 4.43. The Kier molecular flexibility index (Phi) is 5.53. The van der Waals surface area contributed by atoms with E-state index >= 15 is 0 Å². The highest BCUT2D eigenvalue weighted by molar-refractivity contribution is 7.26. The molecule has 0 fully saturated rings. The maximum atomic E-state index is 5.73. The number of rotatable bonds is 6. The van der Waals surface area contributed by atoms with Crippen molar-refractivity contribution in [2.24, 2.45) is 0 Å². The van der Waals surface area contributed by atoms with Crippen molar-refractivity contribution in [1.29, 1.82) is 0 Å². The van der Waals surface area contributed by atoms with Gasteiger partial charge in [0.05, 0.1) is 12.2 Å². The predicted molar refractivity (Wildman–Crippen MR) is 80.2 cm³/mol. The molecule has 0 spiro atoms. The zero-order valence-electron chi connectivity index (χ0n) is 11.2. The van der Waals surface area contributed by atoms with E-state index in [1.54, 1.807) is 0 Å². The highest BCUT2D eigenvalue weighted by Crippen LogP contribution is 2.32. The summed E-state index contributed by atoms with van der Waals surface area (Å²) in [6.45, 7) is 4.08. The molecular weight excluding hydrogens is 255 g/mol. The average molecular weight is 274 g/mol. The lowest BCUT2D eigenvalue weighted by Crippen LogP contribution is -1.96. The first kappa shape index (κ1) is 14.2. The quantitative estimate of drug-likeness (QED) is 0.686. The maximum Gasteiger partial charge on any atom is 0.156 e. The second kappa shape index (κ2) is 7.40. The largest absolute Gasteiger partial charge is 0.328 e. The van der Waals surface area contributed by atoms with Crippen LogP contribution in [0.5, 0.6) is 0 Å². The fraction of sp³-hybridized carbons (Fsp3) is 0.250. The zero-order chi connectivity index (χ0) is 13.5. The SMILES string of the molecule is CC(OPOC(C)c1ccccc1)c1ccccc1. The molecule has 100 valence electrons. The maximum absolute atomic E-state index is 5.73. The van der Waals surface area contributed by atoms with Gasteiger partial charge in [-0.25, -0.2) is 0 Å². The summed E-state index contributed by atoms with van der Waals surface area (Å²) in [4.78, 5) is 0. The molecule has 2 unspecified atom stereocenters. The van der Waals surface area contributed by atoms with Crippen molar-refractivity contribution in [3.8, 4) is 0 Å². The lowest BCUT2D eigenvalue weighted by atomic mass is 10.1. The fourth-order valence-corrected chi connectivity index (χ4v) is 2.37. The summed E-state index contributed by atoms with van der Waals surface area (Å²) < 4.78 is 11.5. The lowest BCUT2D eigenvalue weighted by Gasteiger charge is -2.16. The molecule has 2 nitrogen and oxygen atoms in total. The van der Waals surface area contributed by atoms with Crippen LogP contribution in [0.15, 0.2) is 60.7 Å². The molecule has 0 radical (unpaired) electrons. The summed E-state index contributed by atoms with van der Waals surface area (Å²) in [5.41, 5.74) is 2.34. The van der Waals surface area contributed by atoms with Crippen molar-refractivity contribution < 1.29 is 9.05 Å². The van der Waals surface area contributed by atoms with Gasteiger partial charge in [-0.15, -0.1) is 0 Å². The van der Waals surface area contributed by atoms with Crippen molar-refractivity contribution >= 4 is 9.03 Å². The molecular formula is C16H19O2P. The minimum absolute atomic E-state index is 0.0439. The average Bonchev–Trinajstić information content (AvgIpc) is 2.49. The number of benzene rings is 2. The van der Waals surface area contributed by atoms with E-state index in [4.69, 9.17) is 9.05 Å². The second-order valence-electron chi connectivity index (χ2n) is 4.42. The molecule has 2 aromatic carbocycles. The van der Waals surface area contributed by atoms with E-state index in [0.29, 0.717) is 0 Å². The van der Waals surface area contributed by atoms with Gasteiger partial charge in [0.15, 0.2) is 9.03 Å². The third-order valence-electron chi connectivity index (χ3n) is 2.99. The summed E-state index contributed by atoms with van der Waals surface area (Å²) in [5, 5.41) is 0. The van der Waals surface area contributed by atoms with E-state index in [-0.39, 0.29) is 21.2 Å². The van der Waals surface area contributed by atoms with Gasteiger partial charge in [-0.1, -0.05) is 60.7 Å². The van der Waals surface area contributed by atoms with E-state index in [1.807, 2.05) is 50.2 Å². The first-order valence-electron chi connectivity index (χ1n) is 6.43. The van der Waals surface area contributed by atoms with Crippen molar-refractivity contribution in [3.63, 3.8) is 0 Å². The van der Waals surface area contributed by atoms with Crippen molar-refractivity contribution in [2.75, 3.05) is 0 Å². The van der Waals surface area contributed by atoms with Crippen LogP contribution in [0.25, 0.3) is 0 Å². The predicted octanol–water partition coefficient (Wildman–Crippen LogP) is 5.05. The van der Waals surface area contributed by atoms with Crippen molar-refractivity contribution in [2.45, 2.75) is 26.1 Å². The van der Waals surface area contributed by atoms with Crippen LogP contribution in [0.1, 0.15) is 37.2 Å². The van der Waals surface area contributed by atoms with Gasteiger partial charge in [0.25, 0.3) is 0 Å². The topological polar surface area (TPSA) is 18.5 Å². The molecule has 0 saturated heterocycles. The summed E-state index contributed by atoms with van der Waals surface area (Å²) in [6.07, 6.45) is 0.116. The molecule has 0 aliphatic carbocycles. The molecule has 0 N–H and O–H groups in total. The Hall–Kier alpha value is -1.21. The highest BCUT2D eigenvalue weighted by atomic mass is 31.1. The Bertz CT molecular complexity index is 427. The minimum Gasteiger partial charge on any atom is -0.328 e. The molecule has 0 aliphatic heterocycles.